The number of nitrogens with zero attached hydrogens (tertiary/aromatic N) is 1. The minimum Gasteiger partial charge on any atom is -0.495 e. The minimum atomic E-state index is 0.00793. The highest BCUT2D eigenvalue weighted by atomic mass is 16.5. The fraction of sp³-hybridized carbons (Fsp3) is 0.611. The van der Waals surface area contributed by atoms with Gasteiger partial charge in [-0.1, -0.05) is 26.0 Å². The number of carbonyl (C=O) groups is 1. The molecule has 1 fully saturated rings. The van der Waals surface area contributed by atoms with Crippen molar-refractivity contribution in [1.29, 1.82) is 0 Å². The first-order valence-corrected chi connectivity index (χ1v) is 8.53. The smallest absolute Gasteiger partial charge is 0.278 e. The van der Waals surface area contributed by atoms with Crippen LogP contribution in [-0.4, -0.2) is 51.8 Å². The maximum Gasteiger partial charge on any atom is 0.278 e. The molecule has 2 N–H and O–H groups in total. The number of methoxy groups -OCH3 is 1. The van der Waals surface area contributed by atoms with E-state index >= 15 is 0 Å². The number of benzene rings is 1. The number of amides is 1. The molecule has 128 valence electrons. The minimum absolute atomic E-state index is 0.00793. The molecule has 1 aromatic rings. The molecular formula is C18H30N3O2+. The van der Waals surface area contributed by atoms with Crippen LogP contribution in [0.4, 0.5) is 5.69 Å². The molecule has 1 aromatic carbocycles. The van der Waals surface area contributed by atoms with Crippen molar-refractivity contribution in [2.45, 2.75) is 26.8 Å². The topological polar surface area (TPSA) is 46.0 Å². The molecule has 1 aliphatic rings. The van der Waals surface area contributed by atoms with Crippen molar-refractivity contribution in [2.24, 2.45) is 5.92 Å². The fourth-order valence-corrected chi connectivity index (χ4v) is 3.00. The maximum atomic E-state index is 12.2. The first kappa shape index (κ1) is 17.6. The molecule has 0 aromatic heterocycles. The molecule has 1 atom stereocenters. The third-order valence-electron chi connectivity index (χ3n) is 4.52. The molecule has 0 unspecified atom stereocenters. The van der Waals surface area contributed by atoms with Crippen LogP contribution in [0.1, 0.15) is 20.8 Å². The molecule has 0 radical (unpaired) electrons. The molecule has 5 heteroatoms. The third kappa shape index (κ3) is 4.61. The Bertz CT molecular complexity index is 511. The van der Waals surface area contributed by atoms with Crippen LogP contribution in [0, 0.1) is 5.92 Å². The Morgan fingerprint density at radius 3 is 2.52 bits per heavy atom. The highest BCUT2D eigenvalue weighted by molar-refractivity contribution is 5.79. The molecule has 2 rings (SSSR count). The summed E-state index contributed by atoms with van der Waals surface area (Å²) < 4.78 is 5.45. The summed E-state index contributed by atoms with van der Waals surface area (Å²) in [6, 6.07) is 8.14. The molecular weight excluding hydrogens is 290 g/mol. The van der Waals surface area contributed by atoms with Crippen molar-refractivity contribution in [1.82, 2.24) is 5.32 Å². The molecule has 1 saturated heterocycles. The average Bonchev–Trinajstić information content (AvgIpc) is 2.59. The van der Waals surface area contributed by atoms with Crippen molar-refractivity contribution in [2.75, 3.05) is 44.7 Å². The number of para-hydroxylation sites is 2. The van der Waals surface area contributed by atoms with Crippen molar-refractivity contribution in [3.63, 3.8) is 0 Å². The molecule has 1 heterocycles. The zero-order valence-electron chi connectivity index (χ0n) is 14.8. The summed E-state index contributed by atoms with van der Waals surface area (Å²) in [5.41, 5.74) is 1.14. The zero-order chi connectivity index (χ0) is 16.8. The summed E-state index contributed by atoms with van der Waals surface area (Å²) in [4.78, 5) is 15.9. The predicted octanol–water partition coefficient (Wildman–Crippen LogP) is 0.561. The SMILES string of the molecule is COc1ccccc1N1CC[NH+]([C@@H](C)C(=O)NCC(C)C)CC1. The summed E-state index contributed by atoms with van der Waals surface area (Å²) >= 11 is 0. The van der Waals surface area contributed by atoms with Gasteiger partial charge in [0.1, 0.15) is 5.75 Å². The van der Waals surface area contributed by atoms with Gasteiger partial charge in [0, 0.05) is 6.54 Å². The predicted molar refractivity (Wildman–Crippen MR) is 93.2 cm³/mol. The number of piperazine rings is 1. The van der Waals surface area contributed by atoms with Gasteiger partial charge in [-0.2, -0.15) is 0 Å². The van der Waals surface area contributed by atoms with Crippen LogP contribution in [-0.2, 0) is 4.79 Å². The summed E-state index contributed by atoms with van der Waals surface area (Å²) in [5.74, 6) is 1.57. The van der Waals surface area contributed by atoms with Gasteiger partial charge in [0.25, 0.3) is 5.91 Å². The van der Waals surface area contributed by atoms with Gasteiger partial charge in [-0.15, -0.1) is 0 Å². The molecule has 0 aliphatic carbocycles. The van der Waals surface area contributed by atoms with Gasteiger partial charge in [-0.25, -0.2) is 0 Å². The quantitative estimate of drug-likeness (QED) is 0.805. The van der Waals surface area contributed by atoms with Gasteiger partial charge in [0.05, 0.1) is 39.0 Å². The molecule has 0 spiro atoms. The summed E-state index contributed by atoms with van der Waals surface area (Å²) in [6.07, 6.45) is 0. The van der Waals surface area contributed by atoms with E-state index in [9.17, 15) is 4.79 Å². The lowest BCUT2D eigenvalue weighted by Gasteiger charge is -2.36. The zero-order valence-corrected chi connectivity index (χ0v) is 14.8. The molecule has 1 amide bonds. The summed E-state index contributed by atoms with van der Waals surface area (Å²) in [5, 5.41) is 3.05. The standard InChI is InChI=1S/C18H29N3O2/c1-14(2)13-19-18(22)15(3)20-9-11-21(12-10-20)16-7-5-6-8-17(16)23-4/h5-8,14-15H,9-13H2,1-4H3,(H,19,22)/p+1/t15-/m0/s1. The van der Waals surface area contributed by atoms with E-state index in [-0.39, 0.29) is 11.9 Å². The van der Waals surface area contributed by atoms with Crippen LogP contribution >= 0.6 is 0 Å². The van der Waals surface area contributed by atoms with Gasteiger partial charge in [-0.3, -0.25) is 4.79 Å². The third-order valence-corrected chi connectivity index (χ3v) is 4.52. The first-order valence-electron chi connectivity index (χ1n) is 8.53. The lowest BCUT2D eigenvalue weighted by atomic mass is 10.1. The van der Waals surface area contributed by atoms with E-state index in [0.29, 0.717) is 5.92 Å². The number of carbonyl (C=O) groups excluding carboxylic acids is 1. The second-order valence-corrected chi connectivity index (χ2v) is 6.68. The Labute approximate surface area is 139 Å². The van der Waals surface area contributed by atoms with Crippen LogP contribution in [0.2, 0.25) is 0 Å². The Morgan fingerprint density at radius 1 is 1.26 bits per heavy atom. The normalized spacial score (nSPS) is 17.2. The number of rotatable bonds is 6. The van der Waals surface area contributed by atoms with Crippen molar-refractivity contribution in [3.05, 3.63) is 24.3 Å². The number of ether oxygens (including phenoxy) is 1. The summed E-state index contributed by atoms with van der Waals surface area (Å²) in [6.45, 7) is 10.8. The summed E-state index contributed by atoms with van der Waals surface area (Å²) in [7, 11) is 1.71. The number of hydrogen-bond donors (Lipinski definition) is 2. The molecule has 0 bridgehead atoms. The lowest BCUT2D eigenvalue weighted by molar-refractivity contribution is -0.914. The Kier molecular flexibility index (Phi) is 6.28. The van der Waals surface area contributed by atoms with Gasteiger partial charge in [0.2, 0.25) is 0 Å². The number of anilines is 1. The average molecular weight is 320 g/mol. The van der Waals surface area contributed by atoms with Gasteiger partial charge < -0.3 is 19.9 Å². The monoisotopic (exact) mass is 320 g/mol. The number of quaternary nitrogens is 1. The van der Waals surface area contributed by atoms with Crippen LogP contribution in [0.25, 0.3) is 0 Å². The highest BCUT2D eigenvalue weighted by Crippen LogP contribution is 2.27. The Morgan fingerprint density at radius 2 is 1.91 bits per heavy atom. The molecule has 23 heavy (non-hydrogen) atoms. The van der Waals surface area contributed by atoms with Crippen molar-refractivity contribution >= 4 is 11.6 Å². The Hall–Kier alpha value is -1.75. The maximum absolute atomic E-state index is 12.2. The van der Waals surface area contributed by atoms with E-state index in [1.165, 1.54) is 4.90 Å². The van der Waals surface area contributed by atoms with Crippen molar-refractivity contribution < 1.29 is 14.4 Å². The Balaban J connectivity index is 1.89. The highest BCUT2D eigenvalue weighted by Gasteiger charge is 2.29. The second-order valence-electron chi connectivity index (χ2n) is 6.68. The lowest BCUT2D eigenvalue weighted by Crippen LogP contribution is -3.19. The second kappa shape index (κ2) is 8.20. The van der Waals surface area contributed by atoms with E-state index in [2.05, 4.69) is 30.1 Å². The van der Waals surface area contributed by atoms with Gasteiger partial charge in [0.15, 0.2) is 6.04 Å². The van der Waals surface area contributed by atoms with E-state index < -0.39 is 0 Å². The van der Waals surface area contributed by atoms with Crippen molar-refractivity contribution in [3.8, 4) is 5.75 Å². The van der Waals surface area contributed by atoms with E-state index in [4.69, 9.17) is 4.74 Å². The van der Waals surface area contributed by atoms with E-state index in [1.54, 1.807) is 7.11 Å². The number of nitrogens with one attached hydrogen (secondary N) is 2. The largest absolute Gasteiger partial charge is 0.495 e. The van der Waals surface area contributed by atoms with Crippen LogP contribution in [0.3, 0.4) is 0 Å². The van der Waals surface area contributed by atoms with Crippen LogP contribution < -0.4 is 19.9 Å². The van der Waals surface area contributed by atoms with Gasteiger partial charge in [-0.05, 0) is 25.0 Å². The van der Waals surface area contributed by atoms with Crippen LogP contribution in [0.5, 0.6) is 5.75 Å². The molecule has 5 nitrogen and oxygen atoms in total. The fourth-order valence-electron chi connectivity index (χ4n) is 3.00. The van der Waals surface area contributed by atoms with E-state index in [1.807, 2.05) is 25.1 Å². The number of hydrogen-bond acceptors (Lipinski definition) is 3. The van der Waals surface area contributed by atoms with Crippen LogP contribution in [0.15, 0.2) is 24.3 Å². The first-order chi connectivity index (χ1) is 11.0. The molecule has 1 aliphatic heterocycles. The molecule has 0 saturated carbocycles. The van der Waals surface area contributed by atoms with Gasteiger partial charge >= 0.3 is 0 Å². The van der Waals surface area contributed by atoms with E-state index in [0.717, 1.165) is 44.2 Å².